The molecule has 1 unspecified atom stereocenters. The predicted molar refractivity (Wildman–Crippen MR) is 77.4 cm³/mol. The van der Waals surface area contributed by atoms with Crippen LogP contribution in [0.1, 0.15) is 18.5 Å². The lowest BCUT2D eigenvalue weighted by Crippen LogP contribution is -2.04. The predicted octanol–water partition coefficient (Wildman–Crippen LogP) is 4.56. The number of hydrogen-bond donors (Lipinski definition) is 1. The molecule has 94 valence electrons. The van der Waals surface area contributed by atoms with Crippen LogP contribution < -0.4 is 5.73 Å². The summed E-state index contributed by atoms with van der Waals surface area (Å²) in [6.07, 6.45) is 1.78. The van der Waals surface area contributed by atoms with Crippen LogP contribution in [0.4, 0.5) is 0 Å². The van der Waals surface area contributed by atoms with E-state index in [1.54, 1.807) is 18.3 Å². The molecule has 0 aliphatic carbocycles. The van der Waals surface area contributed by atoms with E-state index in [1.165, 1.54) is 11.8 Å². The second-order valence-corrected chi connectivity index (χ2v) is 5.80. The molecule has 1 heterocycles. The number of nitrogens with zero attached hydrogens (tertiary/aromatic N) is 1. The zero-order chi connectivity index (χ0) is 13.1. The largest absolute Gasteiger partial charge is 0.324 e. The van der Waals surface area contributed by atoms with Gasteiger partial charge >= 0.3 is 0 Å². The van der Waals surface area contributed by atoms with E-state index in [2.05, 4.69) is 4.98 Å². The lowest BCUT2D eigenvalue weighted by molar-refractivity contribution is 0.806. The standard InChI is InChI=1S/C13H12Cl2N2S/c1-8(16)9-2-5-13(17-7-9)18-12-6-10(14)3-4-11(12)15/h2-8H,16H2,1H3. The van der Waals surface area contributed by atoms with E-state index in [1.807, 2.05) is 25.1 Å². The first kappa shape index (κ1) is 13.7. The molecule has 0 amide bonds. The Morgan fingerprint density at radius 3 is 2.61 bits per heavy atom. The van der Waals surface area contributed by atoms with Crippen molar-refractivity contribution in [2.75, 3.05) is 0 Å². The Kier molecular flexibility index (Phi) is 4.51. The molecule has 2 N–H and O–H groups in total. The zero-order valence-corrected chi connectivity index (χ0v) is 12.1. The molecule has 0 saturated heterocycles. The Bertz CT molecular complexity index is 541. The van der Waals surface area contributed by atoms with Crippen molar-refractivity contribution >= 4 is 35.0 Å². The topological polar surface area (TPSA) is 38.9 Å². The monoisotopic (exact) mass is 298 g/mol. The Labute approximate surface area is 121 Å². The Balaban J connectivity index is 2.21. The summed E-state index contributed by atoms with van der Waals surface area (Å²) in [6, 6.07) is 9.27. The van der Waals surface area contributed by atoms with Crippen molar-refractivity contribution < 1.29 is 0 Å². The Morgan fingerprint density at radius 1 is 1.22 bits per heavy atom. The number of aromatic nitrogens is 1. The van der Waals surface area contributed by atoms with Crippen molar-refractivity contribution in [3.63, 3.8) is 0 Å². The molecule has 1 aromatic heterocycles. The van der Waals surface area contributed by atoms with Crippen LogP contribution in [0.25, 0.3) is 0 Å². The summed E-state index contributed by atoms with van der Waals surface area (Å²) in [7, 11) is 0. The van der Waals surface area contributed by atoms with Crippen molar-refractivity contribution in [3.05, 3.63) is 52.1 Å². The van der Waals surface area contributed by atoms with Gasteiger partial charge in [-0.2, -0.15) is 0 Å². The van der Waals surface area contributed by atoms with E-state index in [4.69, 9.17) is 28.9 Å². The summed E-state index contributed by atoms with van der Waals surface area (Å²) in [6.45, 7) is 1.93. The molecule has 0 bridgehead atoms. The highest BCUT2D eigenvalue weighted by molar-refractivity contribution is 7.99. The molecule has 2 rings (SSSR count). The summed E-state index contributed by atoms with van der Waals surface area (Å²) in [5.74, 6) is 0. The molecule has 0 fully saturated rings. The van der Waals surface area contributed by atoms with Crippen molar-refractivity contribution in [3.8, 4) is 0 Å². The zero-order valence-electron chi connectivity index (χ0n) is 9.73. The van der Waals surface area contributed by atoms with E-state index in [0.29, 0.717) is 10.0 Å². The van der Waals surface area contributed by atoms with Gasteiger partial charge in [-0.3, -0.25) is 0 Å². The smallest absolute Gasteiger partial charge is 0.101 e. The highest BCUT2D eigenvalue weighted by atomic mass is 35.5. The number of hydrogen-bond acceptors (Lipinski definition) is 3. The molecule has 0 aliphatic heterocycles. The summed E-state index contributed by atoms with van der Waals surface area (Å²) in [4.78, 5) is 5.24. The molecule has 0 radical (unpaired) electrons. The van der Waals surface area contributed by atoms with Gasteiger partial charge < -0.3 is 5.73 Å². The molecule has 0 spiro atoms. The lowest BCUT2D eigenvalue weighted by Gasteiger charge is -2.07. The fraction of sp³-hybridized carbons (Fsp3) is 0.154. The molecule has 5 heteroatoms. The maximum absolute atomic E-state index is 6.10. The van der Waals surface area contributed by atoms with E-state index in [-0.39, 0.29) is 6.04 Å². The molecular formula is C13H12Cl2N2S. The van der Waals surface area contributed by atoms with E-state index < -0.39 is 0 Å². The van der Waals surface area contributed by atoms with Crippen LogP contribution in [0.3, 0.4) is 0 Å². The van der Waals surface area contributed by atoms with Gasteiger partial charge in [-0.05, 0) is 36.8 Å². The highest BCUT2D eigenvalue weighted by Gasteiger charge is 2.06. The van der Waals surface area contributed by atoms with Gasteiger partial charge in [-0.25, -0.2) is 4.98 Å². The van der Waals surface area contributed by atoms with Gasteiger partial charge in [0.2, 0.25) is 0 Å². The maximum atomic E-state index is 6.10. The average Bonchev–Trinajstić information content (AvgIpc) is 2.34. The van der Waals surface area contributed by atoms with Gasteiger partial charge in [-0.1, -0.05) is 41.0 Å². The molecule has 0 aliphatic rings. The molecular weight excluding hydrogens is 287 g/mol. The van der Waals surface area contributed by atoms with Crippen molar-refractivity contribution in [1.82, 2.24) is 4.98 Å². The maximum Gasteiger partial charge on any atom is 0.101 e. The molecule has 2 nitrogen and oxygen atoms in total. The number of benzene rings is 1. The first-order valence-electron chi connectivity index (χ1n) is 5.40. The summed E-state index contributed by atoms with van der Waals surface area (Å²) < 4.78 is 0. The van der Waals surface area contributed by atoms with Crippen LogP contribution in [0.15, 0.2) is 46.5 Å². The van der Waals surface area contributed by atoms with Crippen molar-refractivity contribution in [2.24, 2.45) is 5.73 Å². The van der Waals surface area contributed by atoms with Crippen LogP contribution >= 0.6 is 35.0 Å². The van der Waals surface area contributed by atoms with Crippen LogP contribution in [0, 0.1) is 0 Å². The molecule has 1 atom stereocenters. The van der Waals surface area contributed by atoms with Crippen LogP contribution in [-0.4, -0.2) is 4.98 Å². The fourth-order valence-electron chi connectivity index (χ4n) is 1.39. The van der Waals surface area contributed by atoms with Crippen LogP contribution in [0.2, 0.25) is 10.0 Å². The number of rotatable bonds is 3. The second-order valence-electron chi connectivity index (χ2n) is 3.90. The molecule has 2 aromatic rings. The van der Waals surface area contributed by atoms with E-state index in [0.717, 1.165) is 15.5 Å². The molecule has 1 aromatic carbocycles. The van der Waals surface area contributed by atoms with Gasteiger partial charge in [0.25, 0.3) is 0 Å². The van der Waals surface area contributed by atoms with Gasteiger partial charge in [0.1, 0.15) is 5.03 Å². The van der Waals surface area contributed by atoms with E-state index in [9.17, 15) is 0 Å². The third-order valence-electron chi connectivity index (χ3n) is 2.39. The number of halogens is 2. The fourth-order valence-corrected chi connectivity index (χ4v) is 2.68. The minimum Gasteiger partial charge on any atom is -0.324 e. The summed E-state index contributed by atoms with van der Waals surface area (Å²) >= 11 is 13.5. The average molecular weight is 299 g/mol. The van der Waals surface area contributed by atoms with Crippen molar-refractivity contribution in [1.29, 1.82) is 0 Å². The summed E-state index contributed by atoms with van der Waals surface area (Å²) in [5.41, 5.74) is 6.79. The highest BCUT2D eigenvalue weighted by Crippen LogP contribution is 2.34. The van der Waals surface area contributed by atoms with Gasteiger partial charge in [-0.15, -0.1) is 0 Å². The Morgan fingerprint density at radius 2 is 2.00 bits per heavy atom. The second kappa shape index (κ2) is 5.93. The molecule has 0 saturated carbocycles. The van der Waals surface area contributed by atoms with Gasteiger partial charge in [0.15, 0.2) is 0 Å². The third-order valence-corrected chi connectivity index (χ3v) is 4.08. The summed E-state index contributed by atoms with van der Waals surface area (Å²) in [5, 5.41) is 2.19. The van der Waals surface area contributed by atoms with Crippen molar-refractivity contribution in [2.45, 2.75) is 22.9 Å². The molecule has 18 heavy (non-hydrogen) atoms. The quantitative estimate of drug-likeness (QED) is 0.903. The first-order chi connectivity index (χ1) is 8.56. The van der Waals surface area contributed by atoms with E-state index >= 15 is 0 Å². The van der Waals surface area contributed by atoms with Crippen LogP contribution in [-0.2, 0) is 0 Å². The van der Waals surface area contributed by atoms with Crippen LogP contribution in [0.5, 0.6) is 0 Å². The van der Waals surface area contributed by atoms with Gasteiger partial charge in [0, 0.05) is 22.2 Å². The SMILES string of the molecule is CC(N)c1ccc(Sc2cc(Cl)ccc2Cl)nc1. The first-order valence-corrected chi connectivity index (χ1v) is 6.98. The number of nitrogens with two attached hydrogens (primary N) is 1. The lowest BCUT2D eigenvalue weighted by atomic mass is 10.2. The minimum absolute atomic E-state index is 0.00805. The number of pyridine rings is 1. The Hall–Kier alpha value is -0.740. The minimum atomic E-state index is -0.00805. The normalized spacial score (nSPS) is 12.4. The third kappa shape index (κ3) is 3.39. The van der Waals surface area contributed by atoms with Gasteiger partial charge in [0.05, 0.1) is 5.02 Å².